The number of alkyl halides is 2. The summed E-state index contributed by atoms with van der Waals surface area (Å²) in [6.45, 7) is 6.22. The zero-order valence-electron chi connectivity index (χ0n) is 9.67. The molecule has 1 nitrogen and oxygen atoms in total. The highest BCUT2D eigenvalue weighted by molar-refractivity contribution is 5.58. The molecule has 0 aliphatic carbocycles. The molecule has 0 aromatic carbocycles. The third-order valence-electron chi connectivity index (χ3n) is 2.77. The molecule has 0 fully saturated rings. The summed E-state index contributed by atoms with van der Waals surface area (Å²) < 4.78 is 27.3. The first-order valence-electron chi connectivity index (χ1n) is 5.29. The molecule has 16 heavy (non-hydrogen) atoms. The number of aromatic nitrogens is 1. The lowest BCUT2D eigenvalue weighted by Crippen LogP contribution is -2.09. The lowest BCUT2D eigenvalue weighted by molar-refractivity contribution is 0.152. The number of fused-ring (bicyclic) bond motifs is 1. The molecule has 2 rings (SSSR count). The summed E-state index contributed by atoms with van der Waals surface area (Å²) in [5, 5.41) is 0. The van der Waals surface area contributed by atoms with Crippen LogP contribution in [-0.4, -0.2) is 4.40 Å². The minimum absolute atomic E-state index is 0.0224. The Morgan fingerprint density at radius 1 is 1.25 bits per heavy atom. The van der Waals surface area contributed by atoms with E-state index >= 15 is 0 Å². The molecule has 0 radical (unpaired) electrons. The fraction of sp³-hybridized carbons (Fsp3) is 0.385. The average Bonchev–Trinajstić information content (AvgIpc) is 2.59. The second kappa shape index (κ2) is 3.58. The molecular formula is C13H15F2N. The van der Waals surface area contributed by atoms with Crippen LogP contribution in [0.15, 0.2) is 30.6 Å². The van der Waals surface area contributed by atoms with E-state index in [4.69, 9.17) is 0 Å². The maximum absolute atomic E-state index is 12.8. The van der Waals surface area contributed by atoms with E-state index in [2.05, 4.69) is 20.8 Å². The van der Waals surface area contributed by atoms with Gasteiger partial charge >= 0.3 is 0 Å². The van der Waals surface area contributed by atoms with E-state index in [0.717, 1.165) is 5.56 Å². The van der Waals surface area contributed by atoms with Crippen LogP contribution in [0.1, 0.15) is 38.3 Å². The Bertz CT molecular complexity index is 506. The molecule has 0 saturated heterocycles. The molecule has 0 aliphatic heterocycles. The highest BCUT2D eigenvalue weighted by Gasteiger charge is 2.18. The van der Waals surface area contributed by atoms with Crippen molar-refractivity contribution in [1.82, 2.24) is 4.40 Å². The van der Waals surface area contributed by atoms with Gasteiger partial charge in [0, 0.05) is 18.0 Å². The lowest BCUT2D eigenvalue weighted by Gasteiger charge is -2.15. The predicted octanol–water partition coefficient (Wildman–Crippen LogP) is 4.17. The monoisotopic (exact) mass is 223 g/mol. The van der Waals surface area contributed by atoms with E-state index in [1.165, 1.54) is 6.07 Å². The van der Waals surface area contributed by atoms with Gasteiger partial charge in [0.1, 0.15) is 0 Å². The van der Waals surface area contributed by atoms with Gasteiger partial charge in [-0.3, -0.25) is 0 Å². The largest absolute Gasteiger partial charge is 0.323 e. The molecule has 0 N–H and O–H groups in total. The van der Waals surface area contributed by atoms with Gasteiger partial charge in [-0.05, 0) is 29.2 Å². The Hall–Kier alpha value is -1.38. The van der Waals surface area contributed by atoms with Crippen LogP contribution in [0, 0.1) is 0 Å². The summed E-state index contributed by atoms with van der Waals surface area (Å²) in [6, 6.07) is 4.98. The van der Waals surface area contributed by atoms with Crippen molar-refractivity contribution in [1.29, 1.82) is 0 Å². The van der Waals surface area contributed by atoms with Gasteiger partial charge in [0.25, 0.3) is 6.43 Å². The molecule has 2 aromatic heterocycles. The second-order valence-electron chi connectivity index (χ2n) is 5.04. The number of pyridine rings is 1. The van der Waals surface area contributed by atoms with Crippen molar-refractivity contribution in [2.24, 2.45) is 0 Å². The molecule has 0 unspecified atom stereocenters. The molecular weight excluding hydrogens is 208 g/mol. The van der Waals surface area contributed by atoms with Gasteiger partial charge in [-0.25, -0.2) is 8.78 Å². The number of halogens is 2. The van der Waals surface area contributed by atoms with Crippen LogP contribution in [-0.2, 0) is 5.41 Å². The standard InChI is InChI=1S/C13H15F2N/c1-13(2,3)9-7-11-10(12(14)15)5-4-6-16(11)8-9/h4-8,12H,1-3H3. The first-order chi connectivity index (χ1) is 7.39. The number of hydrogen-bond acceptors (Lipinski definition) is 0. The van der Waals surface area contributed by atoms with Crippen molar-refractivity contribution in [3.63, 3.8) is 0 Å². The normalized spacial score (nSPS) is 12.6. The van der Waals surface area contributed by atoms with Crippen molar-refractivity contribution >= 4 is 5.52 Å². The molecule has 2 heterocycles. The summed E-state index contributed by atoms with van der Waals surface area (Å²) in [4.78, 5) is 0. The summed E-state index contributed by atoms with van der Waals surface area (Å²) in [7, 11) is 0. The van der Waals surface area contributed by atoms with Crippen molar-refractivity contribution in [3.8, 4) is 0 Å². The maximum atomic E-state index is 12.8. The summed E-state index contributed by atoms with van der Waals surface area (Å²) >= 11 is 0. The smallest absolute Gasteiger partial charge is 0.265 e. The predicted molar refractivity (Wildman–Crippen MR) is 61.1 cm³/mol. The number of hydrogen-bond donors (Lipinski definition) is 0. The van der Waals surface area contributed by atoms with Gasteiger partial charge in [-0.15, -0.1) is 0 Å². The molecule has 0 bridgehead atoms. The third-order valence-corrected chi connectivity index (χ3v) is 2.77. The molecule has 86 valence electrons. The molecule has 2 aromatic rings. The Labute approximate surface area is 93.7 Å². The first-order valence-corrected chi connectivity index (χ1v) is 5.29. The van der Waals surface area contributed by atoms with E-state index in [9.17, 15) is 8.78 Å². The van der Waals surface area contributed by atoms with Crippen molar-refractivity contribution in [2.75, 3.05) is 0 Å². The number of rotatable bonds is 1. The SMILES string of the molecule is CC(C)(C)c1cc2c(C(F)F)cccn2c1. The van der Waals surface area contributed by atoms with Gasteiger partial charge < -0.3 is 4.40 Å². The van der Waals surface area contributed by atoms with Crippen LogP contribution in [0.5, 0.6) is 0 Å². The Kier molecular flexibility index (Phi) is 2.49. The van der Waals surface area contributed by atoms with Gasteiger partial charge in [-0.1, -0.05) is 20.8 Å². The van der Waals surface area contributed by atoms with Crippen molar-refractivity contribution in [2.45, 2.75) is 32.6 Å². The average molecular weight is 223 g/mol. The first kappa shape index (κ1) is 11.1. The zero-order valence-corrected chi connectivity index (χ0v) is 9.67. The minimum Gasteiger partial charge on any atom is -0.323 e. The molecule has 0 aliphatic rings. The van der Waals surface area contributed by atoms with Crippen LogP contribution < -0.4 is 0 Å². The van der Waals surface area contributed by atoms with Crippen molar-refractivity contribution in [3.05, 3.63) is 41.7 Å². The highest BCUT2D eigenvalue weighted by atomic mass is 19.3. The van der Waals surface area contributed by atoms with E-state index in [-0.39, 0.29) is 11.0 Å². The van der Waals surface area contributed by atoms with E-state index in [0.29, 0.717) is 5.52 Å². The minimum atomic E-state index is -2.42. The molecule has 0 spiro atoms. The summed E-state index contributed by atoms with van der Waals surface area (Å²) in [5.74, 6) is 0. The Balaban J connectivity index is 2.66. The van der Waals surface area contributed by atoms with Gasteiger partial charge in [0.05, 0.1) is 5.52 Å². The van der Waals surface area contributed by atoms with Gasteiger partial charge in [-0.2, -0.15) is 0 Å². The number of nitrogens with zero attached hydrogens (tertiary/aromatic N) is 1. The Morgan fingerprint density at radius 2 is 1.94 bits per heavy atom. The molecule has 0 saturated carbocycles. The Morgan fingerprint density at radius 3 is 2.50 bits per heavy atom. The van der Waals surface area contributed by atoms with Crippen LogP contribution in [0.3, 0.4) is 0 Å². The van der Waals surface area contributed by atoms with Crippen LogP contribution >= 0.6 is 0 Å². The second-order valence-corrected chi connectivity index (χ2v) is 5.04. The maximum Gasteiger partial charge on any atom is 0.265 e. The van der Waals surface area contributed by atoms with E-state index in [1.807, 2.05) is 12.3 Å². The van der Waals surface area contributed by atoms with Gasteiger partial charge in [0.2, 0.25) is 0 Å². The fourth-order valence-electron chi connectivity index (χ4n) is 1.75. The molecule has 3 heteroatoms. The van der Waals surface area contributed by atoms with E-state index in [1.54, 1.807) is 16.7 Å². The zero-order chi connectivity index (χ0) is 11.9. The quantitative estimate of drug-likeness (QED) is 0.683. The van der Waals surface area contributed by atoms with Gasteiger partial charge in [0.15, 0.2) is 0 Å². The summed E-state index contributed by atoms with van der Waals surface area (Å²) in [6.07, 6.45) is 1.30. The van der Waals surface area contributed by atoms with Crippen molar-refractivity contribution < 1.29 is 8.78 Å². The van der Waals surface area contributed by atoms with Crippen LogP contribution in [0.2, 0.25) is 0 Å². The lowest BCUT2D eigenvalue weighted by atomic mass is 9.89. The topological polar surface area (TPSA) is 4.41 Å². The highest BCUT2D eigenvalue weighted by Crippen LogP contribution is 2.29. The van der Waals surface area contributed by atoms with Crippen LogP contribution in [0.4, 0.5) is 8.78 Å². The van der Waals surface area contributed by atoms with Crippen LogP contribution in [0.25, 0.3) is 5.52 Å². The summed E-state index contributed by atoms with van der Waals surface area (Å²) in [5.41, 5.74) is 1.74. The molecule has 0 amide bonds. The third kappa shape index (κ3) is 1.82. The molecule has 0 atom stereocenters. The van der Waals surface area contributed by atoms with E-state index < -0.39 is 6.43 Å². The fourth-order valence-corrected chi connectivity index (χ4v) is 1.75.